The van der Waals surface area contributed by atoms with Gasteiger partial charge in [0, 0.05) is 5.02 Å². The number of phenols is 1. The van der Waals surface area contributed by atoms with Gasteiger partial charge in [-0.05, 0) is 42.5 Å². The van der Waals surface area contributed by atoms with Crippen LogP contribution in [0.4, 0.5) is 0 Å². The summed E-state index contributed by atoms with van der Waals surface area (Å²) in [5.41, 5.74) is 0.946. The molecule has 0 radical (unpaired) electrons. The molecule has 1 aromatic carbocycles. The summed E-state index contributed by atoms with van der Waals surface area (Å²) in [5, 5.41) is 10.2. The Hall–Kier alpha value is -0.690. The Morgan fingerprint density at radius 3 is 2.69 bits per heavy atom. The molecular weight excluding hydrogens is 184 g/mol. The summed E-state index contributed by atoms with van der Waals surface area (Å²) in [6.45, 7) is 4.34. The van der Waals surface area contributed by atoms with Gasteiger partial charge >= 0.3 is 0 Å². The highest BCUT2D eigenvalue weighted by atomic mass is 35.5. The number of hydrogen-bond donors (Lipinski definition) is 1. The number of aryl methyl sites for hydroxylation is 1. The molecule has 1 N–H and O–H groups in total. The predicted octanol–water partition coefficient (Wildman–Crippen LogP) is 3.63. The fourth-order valence-corrected chi connectivity index (χ4v) is 1.39. The maximum absolute atomic E-state index is 9.49. The molecule has 0 atom stereocenters. The number of benzene rings is 1. The molecule has 0 aliphatic heterocycles. The van der Waals surface area contributed by atoms with Crippen molar-refractivity contribution in [2.24, 2.45) is 5.92 Å². The molecule has 0 aromatic heterocycles. The van der Waals surface area contributed by atoms with Gasteiger partial charge in [-0.25, -0.2) is 0 Å². The van der Waals surface area contributed by atoms with Crippen LogP contribution in [0.2, 0.25) is 5.02 Å². The highest BCUT2D eigenvalue weighted by molar-refractivity contribution is 6.30. The van der Waals surface area contributed by atoms with E-state index in [0.717, 1.165) is 18.4 Å². The topological polar surface area (TPSA) is 20.2 Å². The van der Waals surface area contributed by atoms with Crippen LogP contribution in [-0.2, 0) is 6.42 Å². The van der Waals surface area contributed by atoms with Crippen molar-refractivity contribution >= 4 is 11.6 Å². The molecule has 1 rings (SSSR count). The van der Waals surface area contributed by atoms with Crippen LogP contribution in [0.1, 0.15) is 25.8 Å². The summed E-state index contributed by atoms with van der Waals surface area (Å²) in [6.07, 6.45) is 1.97. The molecule has 13 heavy (non-hydrogen) atoms. The van der Waals surface area contributed by atoms with Gasteiger partial charge in [0.05, 0.1) is 0 Å². The number of phenolic OH excluding ortho intramolecular Hbond substituents is 1. The predicted molar refractivity (Wildman–Crippen MR) is 56.3 cm³/mol. The van der Waals surface area contributed by atoms with E-state index in [1.54, 1.807) is 12.1 Å². The van der Waals surface area contributed by atoms with Gasteiger partial charge in [0.2, 0.25) is 0 Å². The molecule has 0 bridgehead atoms. The highest BCUT2D eigenvalue weighted by Gasteiger charge is 2.03. The Balaban J connectivity index is 2.70. The number of rotatable bonds is 3. The molecule has 0 saturated carbocycles. The third-order valence-electron chi connectivity index (χ3n) is 2.03. The lowest BCUT2D eigenvalue weighted by Gasteiger charge is -2.06. The summed E-state index contributed by atoms with van der Waals surface area (Å²) < 4.78 is 0. The Morgan fingerprint density at radius 2 is 2.08 bits per heavy atom. The summed E-state index contributed by atoms with van der Waals surface area (Å²) in [4.78, 5) is 0. The van der Waals surface area contributed by atoms with E-state index in [1.165, 1.54) is 0 Å². The molecule has 0 spiro atoms. The fraction of sp³-hybridized carbons (Fsp3) is 0.455. The van der Waals surface area contributed by atoms with Gasteiger partial charge in [0.25, 0.3) is 0 Å². The molecule has 0 unspecified atom stereocenters. The Labute approximate surface area is 84.4 Å². The van der Waals surface area contributed by atoms with Gasteiger partial charge < -0.3 is 5.11 Å². The van der Waals surface area contributed by atoms with Gasteiger partial charge in [0.15, 0.2) is 0 Å². The van der Waals surface area contributed by atoms with Crippen molar-refractivity contribution in [2.45, 2.75) is 26.7 Å². The number of halogens is 1. The quantitative estimate of drug-likeness (QED) is 0.787. The Bertz CT molecular complexity index is 281. The SMILES string of the molecule is CC(C)CCc1cc(Cl)ccc1O. The van der Waals surface area contributed by atoms with Crippen molar-refractivity contribution in [3.05, 3.63) is 28.8 Å². The third kappa shape index (κ3) is 3.27. The van der Waals surface area contributed by atoms with Crippen molar-refractivity contribution in [3.63, 3.8) is 0 Å². The van der Waals surface area contributed by atoms with Crippen LogP contribution in [0.5, 0.6) is 5.75 Å². The maximum atomic E-state index is 9.49. The molecule has 0 heterocycles. The standard InChI is InChI=1S/C11H15ClO/c1-8(2)3-4-9-7-10(12)5-6-11(9)13/h5-8,13H,3-4H2,1-2H3. The molecule has 0 aliphatic carbocycles. The van der Waals surface area contributed by atoms with Crippen LogP contribution in [0.15, 0.2) is 18.2 Å². The summed E-state index contributed by atoms with van der Waals surface area (Å²) >= 11 is 5.82. The first-order chi connectivity index (χ1) is 6.09. The molecule has 0 amide bonds. The largest absolute Gasteiger partial charge is 0.508 e. The second-order valence-corrected chi connectivity index (χ2v) is 4.14. The van der Waals surface area contributed by atoms with Gasteiger partial charge in [-0.15, -0.1) is 0 Å². The molecule has 2 heteroatoms. The van der Waals surface area contributed by atoms with E-state index in [9.17, 15) is 5.11 Å². The summed E-state index contributed by atoms with van der Waals surface area (Å²) in [5.74, 6) is 1.00. The fourth-order valence-electron chi connectivity index (χ4n) is 1.20. The van der Waals surface area contributed by atoms with Crippen LogP contribution >= 0.6 is 11.6 Å². The number of aromatic hydroxyl groups is 1. The second kappa shape index (κ2) is 4.52. The monoisotopic (exact) mass is 198 g/mol. The minimum Gasteiger partial charge on any atom is -0.508 e. The highest BCUT2D eigenvalue weighted by Crippen LogP contribution is 2.23. The average Bonchev–Trinajstić information content (AvgIpc) is 2.06. The smallest absolute Gasteiger partial charge is 0.118 e. The normalized spacial score (nSPS) is 10.8. The van der Waals surface area contributed by atoms with Crippen molar-refractivity contribution < 1.29 is 5.11 Å². The lowest BCUT2D eigenvalue weighted by molar-refractivity contribution is 0.463. The second-order valence-electron chi connectivity index (χ2n) is 3.71. The minimum absolute atomic E-state index is 0.352. The first kappa shape index (κ1) is 10.4. The average molecular weight is 199 g/mol. The van der Waals surface area contributed by atoms with E-state index < -0.39 is 0 Å². The summed E-state index contributed by atoms with van der Waals surface area (Å²) in [6, 6.07) is 5.19. The maximum Gasteiger partial charge on any atom is 0.118 e. The zero-order valence-corrected chi connectivity index (χ0v) is 8.80. The van der Waals surface area contributed by atoms with Crippen LogP contribution in [0.3, 0.4) is 0 Å². The van der Waals surface area contributed by atoms with E-state index in [1.807, 2.05) is 6.07 Å². The van der Waals surface area contributed by atoms with Crippen molar-refractivity contribution in [3.8, 4) is 5.75 Å². The van der Waals surface area contributed by atoms with E-state index >= 15 is 0 Å². The van der Waals surface area contributed by atoms with Gasteiger partial charge in [-0.1, -0.05) is 25.4 Å². The first-order valence-electron chi connectivity index (χ1n) is 4.57. The van der Waals surface area contributed by atoms with E-state index in [4.69, 9.17) is 11.6 Å². The van der Waals surface area contributed by atoms with E-state index in [2.05, 4.69) is 13.8 Å². The minimum atomic E-state index is 0.352. The molecular formula is C11H15ClO. The van der Waals surface area contributed by atoms with Gasteiger partial charge in [0.1, 0.15) is 5.75 Å². The van der Waals surface area contributed by atoms with Gasteiger partial charge in [-0.2, -0.15) is 0 Å². The number of hydrogen-bond acceptors (Lipinski definition) is 1. The van der Waals surface area contributed by atoms with Crippen LogP contribution < -0.4 is 0 Å². The van der Waals surface area contributed by atoms with Crippen LogP contribution in [0.25, 0.3) is 0 Å². The van der Waals surface area contributed by atoms with Crippen molar-refractivity contribution in [1.29, 1.82) is 0 Å². The molecule has 72 valence electrons. The van der Waals surface area contributed by atoms with Gasteiger partial charge in [-0.3, -0.25) is 0 Å². The zero-order chi connectivity index (χ0) is 9.84. The molecule has 1 nitrogen and oxygen atoms in total. The van der Waals surface area contributed by atoms with Crippen LogP contribution in [-0.4, -0.2) is 5.11 Å². The van der Waals surface area contributed by atoms with E-state index in [-0.39, 0.29) is 0 Å². The van der Waals surface area contributed by atoms with Crippen LogP contribution in [0, 0.1) is 5.92 Å². The Kier molecular flexibility index (Phi) is 3.61. The van der Waals surface area contributed by atoms with Crippen molar-refractivity contribution in [1.82, 2.24) is 0 Å². The zero-order valence-electron chi connectivity index (χ0n) is 8.05. The lowest BCUT2D eigenvalue weighted by atomic mass is 10.0. The first-order valence-corrected chi connectivity index (χ1v) is 4.95. The molecule has 1 aromatic rings. The third-order valence-corrected chi connectivity index (χ3v) is 2.27. The molecule has 0 aliphatic rings. The lowest BCUT2D eigenvalue weighted by Crippen LogP contribution is -1.92. The molecule has 0 fully saturated rings. The van der Waals surface area contributed by atoms with Crippen molar-refractivity contribution in [2.75, 3.05) is 0 Å². The Morgan fingerprint density at radius 1 is 1.38 bits per heavy atom. The summed E-state index contributed by atoms with van der Waals surface area (Å²) in [7, 11) is 0. The molecule has 0 saturated heterocycles. The van der Waals surface area contributed by atoms with E-state index in [0.29, 0.717) is 16.7 Å².